The molecule has 0 spiro atoms. The number of halogens is 2. The van der Waals surface area contributed by atoms with Gasteiger partial charge in [-0.05, 0) is 36.4 Å². The standard InChI is InChI=1S/C16H13ClFN5OS/c17-11-7-5-10(6-8-11)15-21-22-16(23(15)19)25-9-14(24)20-13-4-2-1-3-12(13)18/h1-8H,9,19H2,(H,20,24). The van der Waals surface area contributed by atoms with Crippen molar-refractivity contribution in [3.63, 3.8) is 0 Å². The van der Waals surface area contributed by atoms with Crippen LogP contribution in [-0.4, -0.2) is 26.5 Å². The molecule has 3 rings (SSSR count). The fourth-order valence-corrected chi connectivity index (χ4v) is 2.83. The number of hydrogen-bond donors (Lipinski definition) is 2. The third-order valence-corrected chi connectivity index (χ3v) is 4.44. The Morgan fingerprint density at radius 1 is 1.20 bits per heavy atom. The predicted octanol–water partition coefficient (Wildman–Crippen LogP) is 3.18. The number of nitrogen functional groups attached to an aromatic ring is 1. The maximum atomic E-state index is 13.5. The number of benzene rings is 2. The van der Waals surface area contributed by atoms with Crippen LogP contribution in [0.25, 0.3) is 11.4 Å². The van der Waals surface area contributed by atoms with E-state index in [0.717, 1.165) is 17.3 Å². The van der Waals surface area contributed by atoms with Crippen LogP contribution in [0.4, 0.5) is 10.1 Å². The molecule has 6 nitrogen and oxygen atoms in total. The first kappa shape index (κ1) is 17.2. The second-order valence-corrected chi connectivity index (χ2v) is 6.38. The molecule has 0 radical (unpaired) electrons. The van der Waals surface area contributed by atoms with Crippen molar-refractivity contribution in [2.75, 3.05) is 16.9 Å². The summed E-state index contributed by atoms with van der Waals surface area (Å²) in [6.07, 6.45) is 0. The number of nitrogens with two attached hydrogens (primary N) is 1. The Balaban J connectivity index is 1.65. The summed E-state index contributed by atoms with van der Waals surface area (Å²) < 4.78 is 14.8. The molecule has 128 valence electrons. The molecule has 0 saturated heterocycles. The Hall–Kier alpha value is -2.58. The molecule has 0 aliphatic rings. The van der Waals surface area contributed by atoms with Crippen molar-refractivity contribution in [2.45, 2.75) is 5.16 Å². The van der Waals surface area contributed by atoms with Gasteiger partial charge in [0.05, 0.1) is 11.4 Å². The lowest BCUT2D eigenvalue weighted by atomic mass is 10.2. The molecule has 0 atom stereocenters. The van der Waals surface area contributed by atoms with E-state index in [0.29, 0.717) is 16.0 Å². The molecular weight excluding hydrogens is 365 g/mol. The normalized spacial score (nSPS) is 10.6. The molecule has 0 aliphatic carbocycles. The number of para-hydroxylation sites is 1. The van der Waals surface area contributed by atoms with Crippen LogP contribution in [0.5, 0.6) is 0 Å². The van der Waals surface area contributed by atoms with E-state index in [4.69, 9.17) is 17.4 Å². The third-order valence-electron chi connectivity index (χ3n) is 3.25. The molecular formula is C16H13ClFN5OS. The van der Waals surface area contributed by atoms with Crippen molar-refractivity contribution in [2.24, 2.45) is 0 Å². The van der Waals surface area contributed by atoms with E-state index >= 15 is 0 Å². The van der Waals surface area contributed by atoms with Crippen LogP contribution in [-0.2, 0) is 4.79 Å². The summed E-state index contributed by atoms with van der Waals surface area (Å²) in [6.45, 7) is 0. The quantitative estimate of drug-likeness (QED) is 0.527. The van der Waals surface area contributed by atoms with Crippen molar-refractivity contribution in [3.8, 4) is 11.4 Å². The number of carbonyl (C=O) groups is 1. The van der Waals surface area contributed by atoms with Crippen LogP contribution in [0, 0.1) is 5.82 Å². The fraction of sp³-hybridized carbons (Fsp3) is 0.0625. The van der Waals surface area contributed by atoms with Gasteiger partial charge in [0.2, 0.25) is 11.1 Å². The molecule has 9 heteroatoms. The highest BCUT2D eigenvalue weighted by atomic mass is 35.5. The van der Waals surface area contributed by atoms with Gasteiger partial charge in [0, 0.05) is 10.6 Å². The lowest BCUT2D eigenvalue weighted by Gasteiger charge is -2.06. The summed E-state index contributed by atoms with van der Waals surface area (Å²) in [5, 5.41) is 11.5. The molecule has 2 aromatic carbocycles. The SMILES string of the molecule is Nn1c(SCC(=O)Nc2ccccc2F)nnc1-c1ccc(Cl)cc1. The molecule has 3 N–H and O–H groups in total. The summed E-state index contributed by atoms with van der Waals surface area (Å²) >= 11 is 6.96. The molecule has 0 saturated carbocycles. The molecule has 3 aromatic rings. The minimum Gasteiger partial charge on any atom is -0.335 e. The van der Waals surface area contributed by atoms with E-state index in [2.05, 4.69) is 15.5 Å². The lowest BCUT2D eigenvalue weighted by molar-refractivity contribution is -0.113. The fourth-order valence-electron chi connectivity index (χ4n) is 2.05. The summed E-state index contributed by atoms with van der Waals surface area (Å²) in [6, 6.07) is 12.9. The molecule has 25 heavy (non-hydrogen) atoms. The molecule has 0 aliphatic heterocycles. The Morgan fingerprint density at radius 3 is 2.64 bits per heavy atom. The number of amides is 1. The van der Waals surface area contributed by atoms with Gasteiger partial charge < -0.3 is 11.2 Å². The van der Waals surface area contributed by atoms with E-state index < -0.39 is 5.82 Å². The van der Waals surface area contributed by atoms with E-state index in [1.165, 1.54) is 16.8 Å². The van der Waals surface area contributed by atoms with Crippen LogP contribution in [0.2, 0.25) is 5.02 Å². The van der Waals surface area contributed by atoms with E-state index in [-0.39, 0.29) is 17.3 Å². The monoisotopic (exact) mass is 377 g/mol. The number of rotatable bonds is 5. The van der Waals surface area contributed by atoms with Crippen molar-refractivity contribution in [1.82, 2.24) is 14.9 Å². The summed E-state index contributed by atoms with van der Waals surface area (Å²) in [4.78, 5) is 12.0. The topological polar surface area (TPSA) is 85.8 Å². The van der Waals surface area contributed by atoms with Crippen molar-refractivity contribution < 1.29 is 9.18 Å². The Bertz CT molecular complexity index is 900. The summed E-state index contributed by atoms with van der Waals surface area (Å²) in [5.41, 5.74) is 0.881. The van der Waals surface area contributed by atoms with Crippen molar-refractivity contribution in [3.05, 3.63) is 59.4 Å². The Labute approximate surface area is 152 Å². The first-order chi connectivity index (χ1) is 12.0. The second-order valence-electron chi connectivity index (χ2n) is 5.00. The van der Waals surface area contributed by atoms with Gasteiger partial charge in [-0.2, -0.15) is 0 Å². The molecule has 1 amide bonds. The lowest BCUT2D eigenvalue weighted by Crippen LogP contribution is -2.17. The van der Waals surface area contributed by atoms with Crippen LogP contribution in [0.1, 0.15) is 0 Å². The average Bonchev–Trinajstić information content (AvgIpc) is 2.97. The Kier molecular flexibility index (Phi) is 5.20. The van der Waals surface area contributed by atoms with Gasteiger partial charge in [0.25, 0.3) is 0 Å². The first-order valence-corrected chi connectivity index (χ1v) is 8.54. The van der Waals surface area contributed by atoms with Gasteiger partial charge >= 0.3 is 0 Å². The number of nitrogens with zero attached hydrogens (tertiary/aromatic N) is 3. The smallest absolute Gasteiger partial charge is 0.234 e. The van der Waals surface area contributed by atoms with Crippen LogP contribution < -0.4 is 11.2 Å². The van der Waals surface area contributed by atoms with Gasteiger partial charge in [0.1, 0.15) is 5.82 Å². The largest absolute Gasteiger partial charge is 0.335 e. The maximum Gasteiger partial charge on any atom is 0.234 e. The minimum absolute atomic E-state index is 0.0181. The zero-order valence-electron chi connectivity index (χ0n) is 12.8. The van der Waals surface area contributed by atoms with Gasteiger partial charge in [-0.3, -0.25) is 4.79 Å². The van der Waals surface area contributed by atoms with Gasteiger partial charge in [0.15, 0.2) is 5.82 Å². The number of nitrogens with one attached hydrogen (secondary N) is 1. The van der Waals surface area contributed by atoms with E-state index in [1.54, 1.807) is 36.4 Å². The zero-order valence-corrected chi connectivity index (χ0v) is 14.4. The summed E-state index contributed by atoms with van der Waals surface area (Å²) in [7, 11) is 0. The van der Waals surface area contributed by atoms with Gasteiger partial charge in [-0.1, -0.05) is 35.5 Å². The van der Waals surface area contributed by atoms with Gasteiger partial charge in [-0.15, -0.1) is 10.2 Å². The second kappa shape index (κ2) is 7.54. The highest BCUT2D eigenvalue weighted by molar-refractivity contribution is 7.99. The molecule has 0 bridgehead atoms. The van der Waals surface area contributed by atoms with Crippen molar-refractivity contribution in [1.29, 1.82) is 0 Å². The minimum atomic E-state index is -0.493. The molecule has 1 aromatic heterocycles. The zero-order chi connectivity index (χ0) is 17.8. The molecule has 1 heterocycles. The number of carbonyl (C=O) groups excluding carboxylic acids is 1. The predicted molar refractivity (Wildman–Crippen MR) is 96.4 cm³/mol. The highest BCUT2D eigenvalue weighted by Crippen LogP contribution is 2.23. The number of hydrogen-bond acceptors (Lipinski definition) is 5. The summed E-state index contributed by atoms with van der Waals surface area (Å²) in [5.74, 6) is 5.59. The Morgan fingerprint density at radius 2 is 1.92 bits per heavy atom. The first-order valence-electron chi connectivity index (χ1n) is 7.18. The number of aromatic nitrogens is 3. The average molecular weight is 378 g/mol. The third kappa shape index (κ3) is 4.09. The molecule has 0 unspecified atom stereocenters. The van der Waals surface area contributed by atoms with Crippen LogP contribution in [0.3, 0.4) is 0 Å². The van der Waals surface area contributed by atoms with E-state index in [1.807, 2.05) is 0 Å². The molecule has 0 fully saturated rings. The highest BCUT2D eigenvalue weighted by Gasteiger charge is 2.14. The van der Waals surface area contributed by atoms with Gasteiger partial charge in [-0.25, -0.2) is 9.07 Å². The number of thioether (sulfide) groups is 1. The van der Waals surface area contributed by atoms with Crippen LogP contribution in [0.15, 0.2) is 53.7 Å². The maximum absolute atomic E-state index is 13.5. The van der Waals surface area contributed by atoms with Crippen LogP contribution >= 0.6 is 23.4 Å². The van der Waals surface area contributed by atoms with E-state index in [9.17, 15) is 9.18 Å². The van der Waals surface area contributed by atoms with Crippen molar-refractivity contribution >= 4 is 35.0 Å². The number of anilines is 1.